The number of thiophene rings is 1. The molecular formula is C16H16N2O3S. The first-order valence-electron chi connectivity index (χ1n) is 7.06. The second kappa shape index (κ2) is 6.19. The highest BCUT2D eigenvalue weighted by Crippen LogP contribution is 2.33. The first-order valence-corrected chi connectivity index (χ1v) is 7.94. The average molecular weight is 316 g/mol. The summed E-state index contributed by atoms with van der Waals surface area (Å²) in [5, 5.41) is 7.65. The largest absolute Gasteiger partial charge is 0.478 e. The van der Waals surface area contributed by atoms with Crippen molar-refractivity contribution in [3.63, 3.8) is 0 Å². The van der Waals surface area contributed by atoms with Crippen molar-refractivity contribution in [2.45, 2.75) is 19.4 Å². The van der Waals surface area contributed by atoms with E-state index in [9.17, 15) is 9.59 Å². The molecule has 6 heteroatoms. The Morgan fingerprint density at radius 2 is 2.23 bits per heavy atom. The second-order valence-electron chi connectivity index (χ2n) is 5.02. The third-order valence-corrected chi connectivity index (χ3v) is 4.35. The number of fused-ring (bicyclic) bond motifs is 1. The predicted octanol–water partition coefficient (Wildman–Crippen LogP) is 2.44. The predicted molar refractivity (Wildman–Crippen MR) is 85.5 cm³/mol. The summed E-state index contributed by atoms with van der Waals surface area (Å²) >= 11 is 1.67. The van der Waals surface area contributed by atoms with E-state index < -0.39 is 6.10 Å². The molecule has 5 nitrogen and oxygen atoms in total. The van der Waals surface area contributed by atoms with Gasteiger partial charge in [0.15, 0.2) is 11.9 Å². The van der Waals surface area contributed by atoms with Crippen molar-refractivity contribution in [3.8, 4) is 5.75 Å². The van der Waals surface area contributed by atoms with Gasteiger partial charge >= 0.3 is 0 Å². The van der Waals surface area contributed by atoms with Gasteiger partial charge in [-0.25, -0.2) is 0 Å². The van der Waals surface area contributed by atoms with Gasteiger partial charge in [0.1, 0.15) is 0 Å². The van der Waals surface area contributed by atoms with Crippen LogP contribution < -0.4 is 15.4 Å². The molecule has 0 saturated carbocycles. The van der Waals surface area contributed by atoms with E-state index in [2.05, 4.69) is 10.6 Å². The molecule has 114 valence electrons. The lowest BCUT2D eigenvalue weighted by Crippen LogP contribution is -2.36. The van der Waals surface area contributed by atoms with E-state index in [-0.39, 0.29) is 11.8 Å². The molecule has 1 aromatic carbocycles. The summed E-state index contributed by atoms with van der Waals surface area (Å²) in [4.78, 5) is 25.2. The number of ether oxygens (including phenoxy) is 1. The number of para-hydroxylation sites is 1. The minimum atomic E-state index is -0.604. The molecule has 0 spiro atoms. The van der Waals surface area contributed by atoms with Gasteiger partial charge in [-0.15, -0.1) is 11.3 Å². The maximum atomic E-state index is 12.3. The minimum Gasteiger partial charge on any atom is -0.478 e. The molecule has 1 aliphatic rings. The van der Waals surface area contributed by atoms with Crippen LogP contribution in [0.15, 0.2) is 35.7 Å². The van der Waals surface area contributed by atoms with Crippen molar-refractivity contribution >= 4 is 28.8 Å². The Balaban J connectivity index is 1.70. The number of nitrogens with one attached hydrogen (secondary N) is 2. The Morgan fingerprint density at radius 3 is 3.00 bits per heavy atom. The first kappa shape index (κ1) is 14.6. The average Bonchev–Trinajstić information content (AvgIpc) is 3.01. The van der Waals surface area contributed by atoms with Crippen LogP contribution in [0.3, 0.4) is 0 Å². The minimum absolute atomic E-state index is 0.197. The molecule has 0 radical (unpaired) electrons. The van der Waals surface area contributed by atoms with Crippen molar-refractivity contribution < 1.29 is 14.3 Å². The van der Waals surface area contributed by atoms with Gasteiger partial charge in [-0.05, 0) is 36.9 Å². The number of amides is 2. The Bertz CT molecular complexity index is 697. The van der Waals surface area contributed by atoms with E-state index >= 15 is 0 Å². The lowest BCUT2D eigenvalue weighted by molar-refractivity contribution is -0.122. The van der Waals surface area contributed by atoms with Crippen molar-refractivity contribution in [2.75, 3.05) is 11.9 Å². The van der Waals surface area contributed by atoms with Crippen molar-refractivity contribution in [1.29, 1.82) is 0 Å². The summed E-state index contributed by atoms with van der Waals surface area (Å²) < 4.78 is 5.58. The second-order valence-corrected chi connectivity index (χ2v) is 6.05. The van der Waals surface area contributed by atoms with Crippen molar-refractivity contribution in [2.24, 2.45) is 0 Å². The molecule has 22 heavy (non-hydrogen) atoms. The molecule has 1 aliphatic heterocycles. The van der Waals surface area contributed by atoms with Crippen LogP contribution in [0.1, 0.15) is 22.2 Å². The molecule has 2 N–H and O–H groups in total. The normalized spacial score (nSPS) is 16.4. The molecule has 0 bridgehead atoms. The molecule has 3 rings (SSSR count). The van der Waals surface area contributed by atoms with Gasteiger partial charge in [0.25, 0.3) is 11.8 Å². The van der Waals surface area contributed by atoms with Gasteiger partial charge in [-0.1, -0.05) is 12.1 Å². The standard InChI is InChI=1S/C16H16N2O3S/c1-10-15(19)18-13-6-2-5-12(14(13)21-10)16(20)17-8-7-11-4-3-9-22-11/h2-6,9-10H,7-8H2,1H3,(H,17,20)(H,18,19). The highest BCUT2D eigenvalue weighted by atomic mass is 32.1. The summed E-state index contributed by atoms with van der Waals surface area (Å²) in [6, 6.07) is 9.19. The molecular weight excluding hydrogens is 300 g/mol. The molecule has 2 amide bonds. The molecule has 1 aromatic heterocycles. The smallest absolute Gasteiger partial charge is 0.265 e. The van der Waals surface area contributed by atoms with E-state index in [1.54, 1.807) is 36.5 Å². The summed E-state index contributed by atoms with van der Waals surface area (Å²) in [6.45, 7) is 2.22. The molecule has 0 aliphatic carbocycles. The fraction of sp³-hybridized carbons (Fsp3) is 0.250. The molecule has 2 aromatic rings. The molecule has 0 fully saturated rings. The molecule has 0 saturated heterocycles. The Kier molecular flexibility index (Phi) is 4.11. The van der Waals surface area contributed by atoms with Gasteiger partial charge in [-0.3, -0.25) is 9.59 Å². The number of benzene rings is 1. The fourth-order valence-electron chi connectivity index (χ4n) is 2.26. The third-order valence-electron chi connectivity index (χ3n) is 3.42. The quantitative estimate of drug-likeness (QED) is 0.910. The van der Waals surface area contributed by atoms with E-state index in [1.165, 1.54) is 4.88 Å². The monoisotopic (exact) mass is 316 g/mol. The first-order chi connectivity index (χ1) is 10.6. The van der Waals surface area contributed by atoms with Gasteiger partial charge in [-0.2, -0.15) is 0 Å². The number of anilines is 1. The Hall–Kier alpha value is -2.34. The summed E-state index contributed by atoms with van der Waals surface area (Å²) in [5.74, 6) is 0.0303. The topological polar surface area (TPSA) is 67.4 Å². The summed E-state index contributed by atoms with van der Waals surface area (Å²) in [6.07, 6.45) is 0.194. The third kappa shape index (κ3) is 2.96. The van der Waals surface area contributed by atoms with Crippen molar-refractivity contribution in [3.05, 3.63) is 46.2 Å². The van der Waals surface area contributed by atoms with Crippen LogP contribution in [-0.4, -0.2) is 24.5 Å². The van der Waals surface area contributed by atoms with E-state index in [0.717, 1.165) is 6.42 Å². The number of carbonyl (C=O) groups is 2. The lowest BCUT2D eigenvalue weighted by atomic mass is 10.1. The number of hydrogen-bond donors (Lipinski definition) is 2. The van der Waals surface area contributed by atoms with Crippen LogP contribution in [-0.2, 0) is 11.2 Å². The van der Waals surface area contributed by atoms with Gasteiger partial charge < -0.3 is 15.4 Å². The molecule has 1 unspecified atom stereocenters. The van der Waals surface area contributed by atoms with E-state index in [4.69, 9.17) is 4.74 Å². The van der Waals surface area contributed by atoms with Crippen LogP contribution in [0.5, 0.6) is 5.75 Å². The summed E-state index contributed by atoms with van der Waals surface area (Å²) in [7, 11) is 0. The number of carbonyl (C=O) groups excluding carboxylic acids is 2. The van der Waals surface area contributed by atoms with E-state index in [1.807, 2.05) is 17.5 Å². The zero-order valence-electron chi connectivity index (χ0n) is 12.1. The molecule has 1 atom stereocenters. The van der Waals surface area contributed by atoms with Crippen LogP contribution in [0.25, 0.3) is 0 Å². The van der Waals surface area contributed by atoms with Crippen LogP contribution in [0.4, 0.5) is 5.69 Å². The maximum absolute atomic E-state index is 12.3. The van der Waals surface area contributed by atoms with Gasteiger partial charge in [0, 0.05) is 11.4 Å². The molecule has 2 heterocycles. The maximum Gasteiger partial charge on any atom is 0.265 e. The lowest BCUT2D eigenvalue weighted by Gasteiger charge is -2.25. The van der Waals surface area contributed by atoms with Gasteiger partial charge in [0.2, 0.25) is 0 Å². The van der Waals surface area contributed by atoms with E-state index in [0.29, 0.717) is 23.5 Å². The fourth-order valence-corrected chi connectivity index (χ4v) is 2.96. The van der Waals surface area contributed by atoms with Crippen LogP contribution >= 0.6 is 11.3 Å². The van der Waals surface area contributed by atoms with Crippen LogP contribution in [0, 0.1) is 0 Å². The van der Waals surface area contributed by atoms with Crippen molar-refractivity contribution in [1.82, 2.24) is 5.32 Å². The number of hydrogen-bond acceptors (Lipinski definition) is 4. The van der Waals surface area contributed by atoms with Crippen LogP contribution in [0.2, 0.25) is 0 Å². The SMILES string of the molecule is CC1Oc2c(cccc2C(=O)NCCc2cccs2)NC1=O. The zero-order chi connectivity index (χ0) is 15.5. The van der Waals surface area contributed by atoms with Gasteiger partial charge in [0.05, 0.1) is 11.3 Å². The number of rotatable bonds is 4. The highest BCUT2D eigenvalue weighted by molar-refractivity contribution is 7.09. The highest BCUT2D eigenvalue weighted by Gasteiger charge is 2.27. The zero-order valence-corrected chi connectivity index (χ0v) is 12.9. The Morgan fingerprint density at radius 1 is 1.36 bits per heavy atom. The Labute approximate surface area is 132 Å². The summed E-state index contributed by atoms with van der Waals surface area (Å²) in [5.41, 5.74) is 0.976.